The van der Waals surface area contributed by atoms with Crippen LogP contribution in [0.5, 0.6) is 11.5 Å². The predicted octanol–water partition coefficient (Wildman–Crippen LogP) is 1.27. The maximum absolute atomic E-state index is 12.2. The summed E-state index contributed by atoms with van der Waals surface area (Å²) >= 11 is 0. The van der Waals surface area contributed by atoms with E-state index in [1.807, 2.05) is 30.1 Å². The molecular weight excluding hydrogens is 292 g/mol. The molecule has 1 aromatic heterocycles. The SMILES string of the molecule is Cn1ccc(CCNS(=O)(=O)c2ccc3c(c2)OCO3)c1. The molecule has 2 heterocycles. The Bertz CT molecular complexity index is 752. The normalized spacial score (nSPS) is 13.6. The number of benzene rings is 1. The molecule has 0 spiro atoms. The summed E-state index contributed by atoms with van der Waals surface area (Å²) in [6.07, 6.45) is 4.54. The van der Waals surface area contributed by atoms with Crippen molar-refractivity contribution in [2.75, 3.05) is 13.3 Å². The first-order valence-corrected chi connectivity index (χ1v) is 8.03. The molecule has 0 atom stereocenters. The molecule has 0 saturated carbocycles. The first-order chi connectivity index (χ1) is 10.0. The molecule has 0 bridgehead atoms. The number of ether oxygens (including phenoxy) is 2. The van der Waals surface area contributed by atoms with Crippen LogP contribution in [0.4, 0.5) is 0 Å². The lowest BCUT2D eigenvalue weighted by molar-refractivity contribution is 0.174. The molecule has 0 fully saturated rings. The van der Waals surface area contributed by atoms with Crippen LogP contribution >= 0.6 is 0 Å². The molecule has 1 aliphatic rings. The van der Waals surface area contributed by atoms with Gasteiger partial charge in [-0.25, -0.2) is 13.1 Å². The van der Waals surface area contributed by atoms with Crippen LogP contribution in [0, 0.1) is 0 Å². The molecule has 1 aromatic carbocycles. The fraction of sp³-hybridized carbons (Fsp3) is 0.286. The number of fused-ring (bicyclic) bond motifs is 1. The number of hydrogen-bond donors (Lipinski definition) is 1. The lowest BCUT2D eigenvalue weighted by atomic mass is 10.2. The average molecular weight is 308 g/mol. The standard InChI is InChI=1S/C14H16N2O4S/c1-16-7-5-11(9-16)4-6-15-21(17,18)12-2-3-13-14(8-12)20-10-19-13/h2-3,5,7-9,15H,4,6,10H2,1H3. The van der Waals surface area contributed by atoms with E-state index in [2.05, 4.69) is 4.72 Å². The van der Waals surface area contributed by atoms with Gasteiger partial charge in [-0.05, 0) is 30.2 Å². The first kappa shape index (κ1) is 14.0. The van der Waals surface area contributed by atoms with Crippen molar-refractivity contribution in [2.45, 2.75) is 11.3 Å². The highest BCUT2D eigenvalue weighted by Crippen LogP contribution is 2.33. The zero-order chi connectivity index (χ0) is 14.9. The van der Waals surface area contributed by atoms with Crippen molar-refractivity contribution in [1.82, 2.24) is 9.29 Å². The third kappa shape index (κ3) is 3.03. The van der Waals surface area contributed by atoms with Gasteiger partial charge in [-0.3, -0.25) is 0 Å². The lowest BCUT2D eigenvalue weighted by Gasteiger charge is -2.07. The number of nitrogens with zero attached hydrogens (tertiary/aromatic N) is 1. The Labute approximate surface area is 123 Å². The topological polar surface area (TPSA) is 69.6 Å². The van der Waals surface area contributed by atoms with Gasteiger partial charge in [-0.2, -0.15) is 0 Å². The molecule has 0 aliphatic carbocycles. The van der Waals surface area contributed by atoms with E-state index in [1.165, 1.54) is 12.1 Å². The van der Waals surface area contributed by atoms with Crippen molar-refractivity contribution in [3.05, 3.63) is 42.2 Å². The summed E-state index contributed by atoms with van der Waals surface area (Å²) in [6.45, 7) is 0.473. The summed E-state index contributed by atoms with van der Waals surface area (Å²) in [4.78, 5) is 0.180. The zero-order valence-electron chi connectivity index (χ0n) is 11.6. The van der Waals surface area contributed by atoms with E-state index >= 15 is 0 Å². The Hall–Kier alpha value is -1.99. The number of hydrogen-bond acceptors (Lipinski definition) is 4. The van der Waals surface area contributed by atoms with Crippen molar-refractivity contribution >= 4 is 10.0 Å². The van der Waals surface area contributed by atoms with Crippen LogP contribution in [0.15, 0.2) is 41.6 Å². The molecule has 0 unspecified atom stereocenters. The lowest BCUT2D eigenvalue weighted by Crippen LogP contribution is -2.25. The van der Waals surface area contributed by atoms with Gasteiger partial charge >= 0.3 is 0 Å². The Morgan fingerprint density at radius 2 is 2.05 bits per heavy atom. The second-order valence-electron chi connectivity index (χ2n) is 4.85. The van der Waals surface area contributed by atoms with Gasteiger partial charge in [-0.15, -0.1) is 0 Å². The van der Waals surface area contributed by atoms with Crippen molar-refractivity contribution in [3.63, 3.8) is 0 Å². The van der Waals surface area contributed by atoms with E-state index in [9.17, 15) is 8.42 Å². The molecule has 7 heteroatoms. The molecule has 1 N–H and O–H groups in total. The van der Waals surface area contributed by atoms with Gasteiger partial charge in [0.15, 0.2) is 11.5 Å². The van der Waals surface area contributed by atoms with E-state index in [0.29, 0.717) is 24.5 Å². The number of aryl methyl sites for hydroxylation is 1. The van der Waals surface area contributed by atoms with Crippen molar-refractivity contribution in [3.8, 4) is 11.5 Å². The van der Waals surface area contributed by atoms with Gasteiger partial charge in [0.05, 0.1) is 4.90 Å². The van der Waals surface area contributed by atoms with Crippen LogP contribution in [-0.4, -0.2) is 26.3 Å². The smallest absolute Gasteiger partial charge is 0.240 e. The van der Waals surface area contributed by atoms with Gasteiger partial charge in [0, 0.05) is 32.1 Å². The van der Waals surface area contributed by atoms with E-state index in [0.717, 1.165) is 5.56 Å². The van der Waals surface area contributed by atoms with Crippen LogP contribution in [0.1, 0.15) is 5.56 Å². The van der Waals surface area contributed by atoms with Crippen molar-refractivity contribution < 1.29 is 17.9 Å². The zero-order valence-corrected chi connectivity index (χ0v) is 12.4. The molecular formula is C14H16N2O4S. The van der Waals surface area contributed by atoms with Crippen LogP contribution in [0.2, 0.25) is 0 Å². The fourth-order valence-electron chi connectivity index (χ4n) is 2.17. The van der Waals surface area contributed by atoms with Crippen LogP contribution in [-0.2, 0) is 23.5 Å². The highest BCUT2D eigenvalue weighted by molar-refractivity contribution is 7.89. The first-order valence-electron chi connectivity index (χ1n) is 6.55. The van der Waals surface area contributed by atoms with E-state index in [1.54, 1.807) is 6.07 Å². The number of aromatic nitrogens is 1. The highest BCUT2D eigenvalue weighted by Gasteiger charge is 2.19. The van der Waals surface area contributed by atoms with Crippen LogP contribution < -0.4 is 14.2 Å². The van der Waals surface area contributed by atoms with Crippen LogP contribution in [0.25, 0.3) is 0 Å². The summed E-state index contributed by atoms with van der Waals surface area (Å²) in [6, 6.07) is 6.56. The van der Waals surface area contributed by atoms with Crippen molar-refractivity contribution in [1.29, 1.82) is 0 Å². The van der Waals surface area contributed by atoms with Crippen LogP contribution in [0.3, 0.4) is 0 Å². The Morgan fingerprint density at radius 1 is 1.24 bits per heavy atom. The minimum atomic E-state index is -3.54. The molecule has 3 rings (SSSR count). The predicted molar refractivity (Wildman–Crippen MR) is 76.9 cm³/mol. The molecule has 2 aromatic rings. The third-order valence-corrected chi connectivity index (χ3v) is 4.71. The summed E-state index contributed by atoms with van der Waals surface area (Å²) in [5.74, 6) is 1.03. The molecule has 6 nitrogen and oxygen atoms in total. The van der Waals surface area contributed by atoms with Crippen molar-refractivity contribution in [2.24, 2.45) is 7.05 Å². The molecule has 0 saturated heterocycles. The van der Waals surface area contributed by atoms with E-state index in [-0.39, 0.29) is 11.7 Å². The largest absolute Gasteiger partial charge is 0.454 e. The molecule has 0 radical (unpaired) electrons. The van der Waals surface area contributed by atoms with Gasteiger partial charge in [0.1, 0.15) is 0 Å². The second-order valence-corrected chi connectivity index (χ2v) is 6.62. The van der Waals surface area contributed by atoms with E-state index < -0.39 is 10.0 Å². The van der Waals surface area contributed by atoms with Gasteiger partial charge in [0.2, 0.25) is 16.8 Å². The summed E-state index contributed by atoms with van der Waals surface area (Å²) in [5, 5.41) is 0. The molecule has 0 amide bonds. The summed E-state index contributed by atoms with van der Waals surface area (Å²) in [5.41, 5.74) is 1.09. The Morgan fingerprint density at radius 3 is 2.81 bits per heavy atom. The van der Waals surface area contributed by atoms with Gasteiger partial charge in [-0.1, -0.05) is 0 Å². The molecule has 1 aliphatic heterocycles. The minimum absolute atomic E-state index is 0.125. The second kappa shape index (κ2) is 5.42. The highest BCUT2D eigenvalue weighted by atomic mass is 32.2. The minimum Gasteiger partial charge on any atom is -0.454 e. The molecule has 112 valence electrons. The van der Waals surface area contributed by atoms with E-state index in [4.69, 9.17) is 9.47 Å². The van der Waals surface area contributed by atoms with Gasteiger partial charge in [0.25, 0.3) is 0 Å². The average Bonchev–Trinajstić information content (AvgIpc) is 3.06. The number of rotatable bonds is 5. The number of sulfonamides is 1. The monoisotopic (exact) mass is 308 g/mol. The Balaban J connectivity index is 1.66. The maximum atomic E-state index is 12.2. The number of nitrogens with one attached hydrogen (secondary N) is 1. The summed E-state index contributed by atoms with van der Waals surface area (Å²) in [7, 11) is -1.61. The van der Waals surface area contributed by atoms with Gasteiger partial charge < -0.3 is 14.0 Å². The quantitative estimate of drug-likeness (QED) is 0.903. The maximum Gasteiger partial charge on any atom is 0.240 e. The Kier molecular flexibility index (Phi) is 3.60. The summed E-state index contributed by atoms with van der Waals surface area (Å²) < 4.78 is 39.3. The molecule has 21 heavy (non-hydrogen) atoms. The fourth-order valence-corrected chi connectivity index (χ4v) is 3.21. The third-order valence-electron chi connectivity index (χ3n) is 3.25.